The van der Waals surface area contributed by atoms with Crippen LogP contribution < -0.4 is 9.47 Å². The van der Waals surface area contributed by atoms with E-state index in [-0.39, 0.29) is 11.3 Å². The van der Waals surface area contributed by atoms with Crippen molar-refractivity contribution < 1.29 is 14.3 Å². The van der Waals surface area contributed by atoms with Gasteiger partial charge in [0.2, 0.25) is 12.7 Å². The molecule has 2 aromatic rings. The van der Waals surface area contributed by atoms with E-state index < -0.39 is 0 Å². The van der Waals surface area contributed by atoms with Gasteiger partial charge >= 0.3 is 0 Å². The fourth-order valence-corrected chi connectivity index (χ4v) is 4.12. The molecule has 1 fully saturated rings. The van der Waals surface area contributed by atoms with E-state index in [2.05, 4.69) is 29.1 Å². The summed E-state index contributed by atoms with van der Waals surface area (Å²) in [5.74, 6) is 1.89. The molecular formula is C20H26N4O3. The summed E-state index contributed by atoms with van der Waals surface area (Å²) in [6, 6.07) is 6.17. The number of carbonyl (C=O) groups is 1. The summed E-state index contributed by atoms with van der Waals surface area (Å²) in [7, 11) is 0. The monoisotopic (exact) mass is 370 g/mol. The molecule has 144 valence electrons. The molecule has 7 heteroatoms. The highest BCUT2D eigenvalue weighted by molar-refractivity contribution is 5.76. The van der Waals surface area contributed by atoms with Gasteiger partial charge in [0.25, 0.3) is 0 Å². The van der Waals surface area contributed by atoms with Crippen LogP contribution in [0.1, 0.15) is 38.2 Å². The normalized spacial score (nSPS) is 21.4. The van der Waals surface area contributed by atoms with Crippen LogP contribution in [0.3, 0.4) is 0 Å². The first-order valence-electron chi connectivity index (χ1n) is 9.60. The summed E-state index contributed by atoms with van der Waals surface area (Å²) < 4.78 is 12.7. The Labute approximate surface area is 159 Å². The lowest BCUT2D eigenvalue weighted by molar-refractivity contribution is -0.134. The Hall–Kier alpha value is -2.57. The van der Waals surface area contributed by atoms with Crippen molar-refractivity contribution in [2.45, 2.75) is 45.6 Å². The fraction of sp³-hybridized carbons (Fsp3) is 0.550. The minimum Gasteiger partial charge on any atom is -0.454 e. The molecule has 1 aromatic carbocycles. The SMILES string of the molecule is C[C@@]1(Cc2ccc3c(c2)OCO3)CCCN(C(=O)CCCn2cncn2)C1. The van der Waals surface area contributed by atoms with Gasteiger partial charge in [-0.1, -0.05) is 13.0 Å². The Kier molecular flexibility index (Phi) is 5.01. The van der Waals surface area contributed by atoms with Gasteiger partial charge in [-0.25, -0.2) is 4.98 Å². The molecule has 1 aromatic heterocycles. The van der Waals surface area contributed by atoms with Crippen molar-refractivity contribution in [1.82, 2.24) is 19.7 Å². The highest BCUT2D eigenvalue weighted by Gasteiger charge is 2.33. The van der Waals surface area contributed by atoms with E-state index in [0.29, 0.717) is 13.2 Å². The molecule has 0 N–H and O–H groups in total. The van der Waals surface area contributed by atoms with Crippen molar-refractivity contribution >= 4 is 5.91 Å². The smallest absolute Gasteiger partial charge is 0.231 e. The minimum absolute atomic E-state index is 0.0908. The van der Waals surface area contributed by atoms with Gasteiger partial charge in [0.1, 0.15) is 12.7 Å². The number of aromatic nitrogens is 3. The van der Waals surface area contributed by atoms with E-state index in [1.54, 1.807) is 11.0 Å². The minimum atomic E-state index is 0.0908. The van der Waals surface area contributed by atoms with Crippen LogP contribution in [0.15, 0.2) is 30.9 Å². The average Bonchev–Trinajstić information content (AvgIpc) is 3.32. The zero-order valence-electron chi connectivity index (χ0n) is 15.8. The number of ether oxygens (including phenoxy) is 2. The summed E-state index contributed by atoms with van der Waals surface area (Å²) >= 11 is 0. The van der Waals surface area contributed by atoms with Gasteiger partial charge in [0.05, 0.1) is 0 Å². The first kappa shape index (κ1) is 17.8. The van der Waals surface area contributed by atoms with E-state index in [1.807, 2.05) is 11.0 Å². The third kappa shape index (κ3) is 4.23. The van der Waals surface area contributed by atoms with Gasteiger partial charge in [-0.15, -0.1) is 0 Å². The summed E-state index contributed by atoms with van der Waals surface area (Å²) in [5, 5.41) is 4.08. The zero-order valence-corrected chi connectivity index (χ0v) is 15.8. The molecule has 0 radical (unpaired) electrons. The number of rotatable bonds is 6. The van der Waals surface area contributed by atoms with Gasteiger partial charge in [0.15, 0.2) is 11.5 Å². The molecule has 27 heavy (non-hydrogen) atoms. The largest absolute Gasteiger partial charge is 0.454 e. The molecule has 2 aliphatic rings. The second kappa shape index (κ2) is 7.58. The number of benzene rings is 1. The number of carbonyl (C=O) groups excluding carboxylic acids is 1. The van der Waals surface area contributed by atoms with Gasteiger partial charge < -0.3 is 14.4 Å². The third-order valence-corrected chi connectivity index (χ3v) is 5.45. The van der Waals surface area contributed by atoms with Gasteiger partial charge in [-0.05, 0) is 48.8 Å². The van der Waals surface area contributed by atoms with E-state index in [1.165, 1.54) is 11.9 Å². The predicted molar refractivity (Wildman–Crippen MR) is 99.4 cm³/mol. The molecule has 4 rings (SSSR count). The van der Waals surface area contributed by atoms with E-state index in [0.717, 1.165) is 56.8 Å². The number of nitrogens with zero attached hydrogens (tertiary/aromatic N) is 4. The van der Waals surface area contributed by atoms with Crippen LogP contribution in [0.4, 0.5) is 0 Å². The Bertz CT molecular complexity index is 793. The molecule has 2 aliphatic heterocycles. The predicted octanol–water partition coefficient (Wildman–Crippen LogP) is 2.66. The number of piperidine rings is 1. The van der Waals surface area contributed by atoms with Gasteiger partial charge in [-0.3, -0.25) is 9.48 Å². The molecule has 1 saturated heterocycles. The summed E-state index contributed by atoms with van der Waals surface area (Å²) in [6.45, 7) is 4.98. The van der Waals surface area contributed by atoms with Crippen molar-refractivity contribution in [2.75, 3.05) is 19.9 Å². The lowest BCUT2D eigenvalue weighted by atomic mass is 9.77. The lowest BCUT2D eigenvalue weighted by Gasteiger charge is -2.41. The maximum Gasteiger partial charge on any atom is 0.231 e. The third-order valence-electron chi connectivity index (χ3n) is 5.45. The fourth-order valence-electron chi connectivity index (χ4n) is 4.12. The number of hydrogen-bond donors (Lipinski definition) is 0. The number of fused-ring (bicyclic) bond motifs is 1. The molecule has 0 saturated carbocycles. The van der Waals surface area contributed by atoms with Crippen molar-refractivity contribution in [3.8, 4) is 11.5 Å². The summed E-state index contributed by atoms with van der Waals surface area (Å²) in [6.07, 6.45) is 7.67. The Morgan fingerprint density at radius 2 is 2.19 bits per heavy atom. The van der Waals surface area contributed by atoms with Crippen LogP contribution in [0.25, 0.3) is 0 Å². The number of hydrogen-bond acceptors (Lipinski definition) is 5. The quantitative estimate of drug-likeness (QED) is 0.782. The average molecular weight is 370 g/mol. The lowest BCUT2D eigenvalue weighted by Crippen LogP contribution is -2.45. The number of likely N-dealkylation sites (tertiary alicyclic amines) is 1. The number of aryl methyl sites for hydroxylation is 1. The highest BCUT2D eigenvalue weighted by atomic mass is 16.7. The summed E-state index contributed by atoms with van der Waals surface area (Å²) in [4.78, 5) is 18.6. The molecular weight excluding hydrogens is 344 g/mol. The topological polar surface area (TPSA) is 69.5 Å². The first-order valence-corrected chi connectivity index (χ1v) is 9.60. The maximum absolute atomic E-state index is 12.7. The van der Waals surface area contributed by atoms with Crippen LogP contribution in [0.5, 0.6) is 11.5 Å². The molecule has 1 atom stereocenters. The molecule has 1 amide bonds. The van der Waals surface area contributed by atoms with E-state index in [9.17, 15) is 4.79 Å². The second-order valence-electron chi connectivity index (χ2n) is 7.86. The molecule has 0 unspecified atom stereocenters. The Morgan fingerprint density at radius 1 is 1.30 bits per heavy atom. The van der Waals surface area contributed by atoms with Crippen molar-refractivity contribution in [1.29, 1.82) is 0 Å². The summed E-state index contributed by atoms with van der Waals surface area (Å²) in [5.41, 5.74) is 1.33. The molecule has 0 aliphatic carbocycles. The molecule has 3 heterocycles. The number of amides is 1. The standard InChI is InChI=1S/C20H26N4O3/c1-20(11-16-5-6-17-18(10-16)27-15-26-17)7-3-8-23(12-20)19(25)4-2-9-24-14-21-13-22-24/h5-6,10,13-14H,2-4,7-9,11-12,15H2,1H3/t20-/m0/s1. The van der Waals surface area contributed by atoms with Gasteiger partial charge in [-0.2, -0.15) is 5.10 Å². The van der Waals surface area contributed by atoms with Crippen molar-refractivity contribution in [3.63, 3.8) is 0 Å². The van der Waals surface area contributed by atoms with Crippen LogP contribution in [0, 0.1) is 5.41 Å². The molecule has 0 bridgehead atoms. The van der Waals surface area contributed by atoms with Crippen LogP contribution >= 0.6 is 0 Å². The van der Waals surface area contributed by atoms with Gasteiger partial charge in [0, 0.05) is 26.1 Å². The maximum atomic E-state index is 12.7. The van der Waals surface area contributed by atoms with Crippen molar-refractivity contribution in [3.05, 3.63) is 36.4 Å². The van der Waals surface area contributed by atoms with Crippen LogP contribution in [-0.2, 0) is 17.8 Å². The highest BCUT2D eigenvalue weighted by Crippen LogP contribution is 2.37. The second-order valence-corrected chi connectivity index (χ2v) is 7.86. The van der Waals surface area contributed by atoms with Crippen molar-refractivity contribution in [2.24, 2.45) is 5.41 Å². The molecule has 7 nitrogen and oxygen atoms in total. The molecule has 0 spiro atoms. The Morgan fingerprint density at radius 3 is 3.04 bits per heavy atom. The van der Waals surface area contributed by atoms with E-state index in [4.69, 9.17) is 9.47 Å². The Balaban J connectivity index is 1.32. The van der Waals surface area contributed by atoms with Crippen LogP contribution in [0.2, 0.25) is 0 Å². The van der Waals surface area contributed by atoms with E-state index >= 15 is 0 Å². The zero-order chi connectivity index (χ0) is 18.7. The first-order chi connectivity index (χ1) is 13.1. The van der Waals surface area contributed by atoms with Crippen LogP contribution in [-0.4, -0.2) is 45.5 Å².